The molecule has 0 saturated heterocycles. The molecular formula is C8H5ClN4S. The second-order valence-electron chi connectivity index (χ2n) is 2.52. The summed E-state index contributed by atoms with van der Waals surface area (Å²) in [6.07, 6.45) is 0. The molecule has 14 heavy (non-hydrogen) atoms. The Hall–Kier alpha value is -1.33. The fraction of sp³-hybridized carbons (Fsp3) is 0. The molecule has 2 rings (SSSR count). The first kappa shape index (κ1) is 9.23. The molecular weight excluding hydrogens is 220 g/mol. The van der Waals surface area contributed by atoms with E-state index in [1.54, 1.807) is 0 Å². The molecule has 0 aliphatic heterocycles. The molecule has 0 N–H and O–H groups in total. The molecule has 0 aliphatic carbocycles. The van der Waals surface area contributed by atoms with Crippen LogP contribution in [-0.2, 0) is 0 Å². The summed E-state index contributed by atoms with van der Waals surface area (Å²) >= 11 is 10.5. The van der Waals surface area contributed by atoms with Gasteiger partial charge in [0.25, 0.3) is 0 Å². The third-order valence-corrected chi connectivity index (χ3v) is 2.00. The quantitative estimate of drug-likeness (QED) is 0.574. The zero-order valence-electron chi connectivity index (χ0n) is 6.96. The highest BCUT2D eigenvalue weighted by Crippen LogP contribution is 2.08. The van der Waals surface area contributed by atoms with Crippen LogP contribution in [0.1, 0.15) is 5.82 Å². The van der Waals surface area contributed by atoms with Crippen molar-refractivity contribution < 1.29 is 0 Å². The van der Waals surface area contributed by atoms with Crippen LogP contribution >= 0.6 is 23.8 Å². The number of nitrogens with zero attached hydrogens (tertiary/aromatic N) is 4. The Morgan fingerprint density at radius 2 is 2.00 bits per heavy atom. The van der Waals surface area contributed by atoms with E-state index in [2.05, 4.69) is 15.5 Å². The lowest BCUT2D eigenvalue weighted by atomic mass is 10.3. The van der Waals surface area contributed by atoms with Gasteiger partial charge in [0.15, 0.2) is 4.32 Å². The van der Waals surface area contributed by atoms with Crippen LogP contribution in [0.4, 0.5) is 0 Å². The van der Waals surface area contributed by atoms with Gasteiger partial charge in [0, 0.05) is 0 Å². The van der Waals surface area contributed by atoms with Gasteiger partial charge >= 0.3 is 0 Å². The van der Waals surface area contributed by atoms with E-state index in [-0.39, 0.29) is 4.32 Å². The molecule has 4 nitrogen and oxygen atoms in total. The van der Waals surface area contributed by atoms with E-state index in [1.807, 2.05) is 30.3 Å². The molecule has 70 valence electrons. The minimum atomic E-state index is 0.152. The van der Waals surface area contributed by atoms with Crippen molar-refractivity contribution in [3.63, 3.8) is 0 Å². The van der Waals surface area contributed by atoms with Gasteiger partial charge in [-0.1, -0.05) is 42.0 Å². The van der Waals surface area contributed by atoms with E-state index < -0.39 is 0 Å². The SMILES string of the molecule is S=C(Cl)c1nnnn1-c1ccccc1. The van der Waals surface area contributed by atoms with Crippen LogP contribution in [-0.4, -0.2) is 24.5 Å². The number of thiocarbonyl (C=S) groups is 1. The number of para-hydroxylation sites is 1. The van der Waals surface area contributed by atoms with Crippen LogP contribution in [0, 0.1) is 0 Å². The Bertz CT molecular complexity index is 453. The third kappa shape index (κ3) is 1.64. The summed E-state index contributed by atoms with van der Waals surface area (Å²) in [5.41, 5.74) is 0.829. The maximum Gasteiger partial charge on any atom is 0.209 e. The van der Waals surface area contributed by atoms with Gasteiger partial charge in [-0.2, -0.15) is 4.68 Å². The molecule has 1 heterocycles. The van der Waals surface area contributed by atoms with Crippen molar-refractivity contribution in [2.45, 2.75) is 0 Å². The largest absolute Gasteiger partial charge is 0.209 e. The zero-order valence-corrected chi connectivity index (χ0v) is 8.53. The van der Waals surface area contributed by atoms with Crippen LogP contribution in [0.3, 0.4) is 0 Å². The molecule has 0 bridgehead atoms. The monoisotopic (exact) mass is 224 g/mol. The van der Waals surface area contributed by atoms with Crippen molar-refractivity contribution in [2.75, 3.05) is 0 Å². The Labute approximate surface area is 90.5 Å². The van der Waals surface area contributed by atoms with Gasteiger partial charge < -0.3 is 0 Å². The first-order valence-corrected chi connectivity index (χ1v) is 4.61. The van der Waals surface area contributed by atoms with E-state index in [0.717, 1.165) is 5.69 Å². The average molecular weight is 225 g/mol. The topological polar surface area (TPSA) is 43.6 Å². The van der Waals surface area contributed by atoms with Gasteiger partial charge in [-0.15, -0.1) is 5.10 Å². The molecule has 1 aromatic heterocycles. The number of tetrazole rings is 1. The fourth-order valence-corrected chi connectivity index (χ4v) is 1.30. The lowest BCUT2D eigenvalue weighted by Crippen LogP contribution is -2.04. The molecule has 6 heteroatoms. The Kier molecular flexibility index (Phi) is 2.51. The van der Waals surface area contributed by atoms with Crippen molar-refractivity contribution in [3.8, 4) is 5.69 Å². The highest BCUT2D eigenvalue weighted by atomic mass is 35.5. The van der Waals surface area contributed by atoms with Crippen molar-refractivity contribution in [1.29, 1.82) is 0 Å². The minimum Gasteiger partial charge on any atom is -0.191 e. The number of halogens is 1. The summed E-state index contributed by atoms with van der Waals surface area (Å²) in [5.74, 6) is 0.382. The summed E-state index contributed by atoms with van der Waals surface area (Å²) in [6, 6.07) is 9.42. The van der Waals surface area contributed by atoms with Crippen LogP contribution in [0.25, 0.3) is 5.69 Å². The third-order valence-electron chi connectivity index (χ3n) is 1.65. The lowest BCUT2D eigenvalue weighted by molar-refractivity contribution is 0.787. The van der Waals surface area contributed by atoms with E-state index >= 15 is 0 Å². The normalized spacial score (nSPS) is 10.1. The van der Waals surface area contributed by atoms with Crippen LogP contribution < -0.4 is 0 Å². The smallest absolute Gasteiger partial charge is 0.191 e. The van der Waals surface area contributed by atoms with Crippen molar-refractivity contribution in [2.24, 2.45) is 0 Å². The Morgan fingerprint density at radius 1 is 1.29 bits per heavy atom. The van der Waals surface area contributed by atoms with Crippen LogP contribution in [0.2, 0.25) is 0 Å². The number of rotatable bonds is 2. The molecule has 0 aliphatic rings. The average Bonchev–Trinajstić information content (AvgIpc) is 2.67. The maximum atomic E-state index is 5.67. The summed E-state index contributed by atoms with van der Waals surface area (Å²) in [4.78, 5) is 0. The molecule has 2 aromatic rings. The lowest BCUT2D eigenvalue weighted by Gasteiger charge is -2.00. The molecule has 0 unspecified atom stereocenters. The summed E-state index contributed by atoms with van der Waals surface area (Å²) in [6.45, 7) is 0. The molecule has 1 aromatic carbocycles. The summed E-state index contributed by atoms with van der Waals surface area (Å²) in [7, 11) is 0. The van der Waals surface area contributed by atoms with Crippen molar-refractivity contribution in [1.82, 2.24) is 20.2 Å². The Balaban J connectivity index is 2.52. The first-order valence-electron chi connectivity index (χ1n) is 3.82. The summed E-state index contributed by atoms with van der Waals surface area (Å²) in [5, 5.41) is 11.0. The molecule has 0 amide bonds. The molecule has 0 fully saturated rings. The summed E-state index contributed by atoms with van der Waals surface area (Å²) < 4.78 is 1.65. The zero-order chi connectivity index (χ0) is 9.97. The van der Waals surface area contributed by atoms with E-state index in [9.17, 15) is 0 Å². The number of hydrogen-bond acceptors (Lipinski definition) is 4. The maximum absolute atomic E-state index is 5.67. The van der Waals surface area contributed by atoms with Gasteiger partial charge in [-0.25, -0.2) is 0 Å². The number of benzene rings is 1. The number of hydrogen-bond donors (Lipinski definition) is 0. The second kappa shape index (κ2) is 3.81. The van der Waals surface area contributed by atoms with Gasteiger partial charge in [0.05, 0.1) is 5.69 Å². The van der Waals surface area contributed by atoms with Crippen molar-refractivity contribution >= 4 is 28.1 Å². The molecule has 0 spiro atoms. The highest BCUT2D eigenvalue weighted by molar-refractivity contribution is 7.83. The molecule has 0 radical (unpaired) electrons. The van der Waals surface area contributed by atoms with Crippen LogP contribution in [0.15, 0.2) is 30.3 Å². The highest BCUT2D eigenvalue weighted by Gasteiger charge is 2.10. The minimum absolute atomic E-state index is 0.152. The van der Waals surface area contributed by atoms with E-state index in [0.29, 0.717) is 5.82 Å². The first-order chi connectivity index (χ1) is 6.79. The predicted octanol–water partition coefficient (Wildman–Crippen LogP) is 1.58. The molecule has 0 saturated carbocycles. The van der Waals surface area contributed by atoms with Crippen molar-refractivity contribution in [3.05, 3.63) is 36.2 Å². The second-order valence-corrected chi connectivity index (χ2v) is 3.53. The van der Waals surface area contributed by atoms with Gasteiger partial charge in [0.1, 0.15) is 0 Å². The van der Waals surface area contributed by atoms with Crippen LogP contribution in [0.5, 0.6) is 0 Å². The predicted molar refractivity (Wildman–Crippen MR) is 56.7 cm³/mol. The standard InChI is InChI=1S/C8H5ClN4S/c9-7(14)8-10-11-12-13(8)6-4-2-1-3-5-6/h1-5H. The van der Waals surface area contributed by atoms with E-state index in [4.69, 9.17) is 23.8 Å². The van der Waals surface area contributed by atoms with E-state index in [1.165, 1.54) is 4.68 Å². The molecule has 0 atom stereocenters. The van der Waals surface area contributed by atoms with Gasteiger partial charge in [0.2, 0.25) is 5.82 Å². The van der Waals surface area contributed by atoms with Gasteiger partial charge in [-0.3, -0.25) is 0 Å². The Morgan fingerprint density at radius 3 is 2.64 bits per heavy atom. The number of aromatic nitrogens is 4. The fourth-order valence-electron chi connectivity index (χ4n) is 1.05. The van der Waals surface area contributed by atoms with Gasteiger partial charge in [-0.05, 0) is 22.6 Å².